The normalized spacial score (nSPS) is 11.6. The van der Waals surface area contributed by atoms with Gasteiger partial charge >= 0.3 is 0 Å². The number of rotatable bonds is 5. The summed E-state index contributed by atoms with van der Waals surface area (Å²) in [4.78, 5) is 0. The average molecular weight is 439 g/mol. The predicted molar refractivity (Wildman–Crippen MR) is 91.5 cm³/mol. The number of nitrogens with one attached hydrogen (secondary N) is 1. The van der Waals surface area contributed by atoms with E-state index in [2.05, 4.69) is 36.6 Å². The van der Waals surface area contributed by atoms with Crippen LogP contribution in [0, 0.1) is 6.92 Å². The molecule has 1 heterocycles. The summed E-state index contributed by atoms with van der Waals surface area (Å²) in [5, 5.41) is 0.889. The molecule has 0 aliphatic heterocycles. The van der Waals surface area contributed by atoms with E-state index in [0.29, 0.717) is 9.90 Å². The number of hydrogen-bond acceptors (Lipinski definition) is 3. The van der Waals surface area contributed by atoms with Crippen LogP contribution in [0.15, 0.2) is 38.3 Å². The zero-order valence-electron chi connectivity index (χ0n) is 10.7. The fraction of sp³-hybridized carbons (Fsp3) is 0.231. The molecule has 0 aliphatic rings. The molecular weight excluding hydrogens is 426 g/mol. The van der Waals surface area contributed by atoms with E-state index in [4.69, 9.17) is 0 Å². The third-order valence-corrected chi connectivity index (χ3v) is 7.08. The van der Waals surface area contributed by atoms with E-state index in [9.17, 15) is 8.42 Å². The number of benzene rings is 1. The molecule has 0 saturated heterocycles. The Bertz CT molecular complexity index is 674. The quantitative estimate of drug-likeness (QED) is 0.695. The van der Waals surface area contributed by atoms with Crippen molar-refractivity contribution >= 4 is 58.9 Å². The Morgan fingerprint density at radius 2 is 1.90 bits per heavy atom. The zero-order valence-corrected chi connectivity index (χ0v) is 15.5. The average Bonchev–Trinajstić information content (AvgIpc) is 2.73. The Labute approximate surface area is 139 Å². The Hall–Kier alpha value is -0.370. The summed E-state index contributed by atoms with van der Waals surface area (Å²) < 4.78 is 28.2. The van der Waals surface area contributed by atoms with E-state index in [1.165, 1.54) is 16.9 Å². The topological polar surface area (TPSA) is 46.2 Å². The number of sulfonamides is 1. The molecular formula is C13H13Br2NO2S2. The fourth-order valence-corrected chi connectivity index (χ4v) is 5.36. The van der Waals surface area contributed by atoms with Crippen molar-refractivity contribution in [3.05, 3.63) is 45.2 Å². The third-order valence-electron chi connectivity index (χ3n) is 2.69. The van der Waals surface area contributed by atoms with Gasteiger partial charge in [0.05, 0.1) is 3.79 Å². The molecule has 0 amide bonds. The molecule has 0 radical (unpaired) electrons. The molecule has 20 heavy (non-hydrogen) atoms. The van der Waals surface area contributed by atoms with Crippen LogP contribution in [0.2, 0.25) is 0 Å². The summed E-state index contributed by atoms with van der Waals surface area (Å²) in [6, 6.07) is 9.08. The van der Waals surface area contributed by atoms with Gasteiger partial charge in [-0.2, -0.15) is 0 Å². The second-order valence-electron chi connectivity index (χ2n) is 4.26. The second-order valence-corrected chi connectivity index (χ2v) is 9.34. The Kier molecular flexibility index (Phi) is 5.28. The van der Waals surface area contributed by atoms with Crippen LogP contribution in [0.3, 0.4) is 0 Å². The van der Waals surface area contributed by atoms with E-state index < -0.39 is 10.0 Å². The van der Waals surface area contributed by atoms with E-state index >= 15 is 0 Å². The van der Waals surface area contributed by atoms with Crippen LogP contribution >= 0.6 is 43.2 Å². The van der Waals surface area contributed by atoms with Crippen molar-refractivity contribution in [1.29, 1.82) is 0 Å². The number of hydrogen-bond donors (Lipinski definition) is 1. The van der Waals surface area contributed by atoms with Crippen molar-refractivity contribution in [3.63, 3.8) is 0 Å². The molecule has 0 saturated carbocycles. The number of alkyl halides is 1. The van der Waals surface area contributed by atoms with Gasteiger partial charge in [0.2, 0.25) is 0 Å². The molecule has 7 heteroatoms. The molecule has 0 bridgehead atoms. The van der Waals surface area contributed by atoms with Crippen LogP contribution in [0.4, 0.5) is 5.69 Å². The van der Waals surface area contributed by atoms with Crippen molar-refractivity contribution in [2.45, 2.75) is 17.6 Å². The van der Waals surface area contributed by atoms with Crippen LogP contribution in [-0.2, 0) is 16.4 Å². The summed E-state index contributed by atoms with van der Waals surface area (Å²) in [5.74, 6) is 0. The standard InChI is InChI=1S/C13H13Br2NO2S2/c1-9-8-12(19-13(9)15)20(17,18)16-11-4-2-10(3-5-11)6-7-14/h2-5,8,16H,6-7H2,1H3. The van der Waals surface area contributed by atoms with Gasteiger partial charge < -0.3 is 0 Å². The summed E-state index contributed by atoms with van der Waals surface area (Å²) in [5.41, 5.74) is 2.66. The summed E-state index contributed by atoms with van der Waals surface area (Å²) in [6.45, 7) is 1.87. The molecule has 0 aliphatic carbocycles. The lowest BCUT2D eigenvalue weighted by Crippen LogP contribution is -2.11. The van der Waals surface area contributed by atoms with Crippen molar-refractivity contribution < 1.29 is 8.42 Å². The Morgan fingerprint density at radius 1 is 1.25 bits per heavy atom. The minimum atomic E-state index is -3.51. The first-order valence-electron chi connectivity index (χ1n) is 5.86. The molecule has 0 spiro atoms. The molecule has 108 valence electrons. The predicted octanol–water partition coefficient (Wildman–Crippen LogP) is 4.56. The molecule has 0 atom stereocenters. The van der Waals surface area contributed by atoms with Gasteiger partial charge in [-0.25, -0.2) is 8.42 Å². The minimum absolute atomic E-state index is 0.311. The molecule has 2 aromatic rings. The van der Waals surface area contributed by atoms with Crippen LogP contribution in [0.1, 0.15) is 11.1 Å². The van der Waals surface area contributed by atoms with E-state index in [1.54, 1.807) is 18.2 Å². The van der Waals surface area contributed by atoms with Crippen LogP contribution in [0.25, 0.3) is 0 Å². The lowest BCUT2D eigenvalue weighted by atomic mass is 10.2. The van der Waals surface area contributed by atoms with Crippen molar-refractivity contribution in [3.8, 4) is 0 Å². The van der Waals surface area contributed by atoms with Crippen molar-refractivity contribution in [2.75, 3.05) is 10.1 Å². The maximum atomic E-state index is 12.2. The number of thiophene rings is 1. The highest BCUT2D eigenvalue weighted by molar-refractivity contribution is 9.11. The lowest BCUT2D eigenvalue weighted by molar-refractivity contribution is 0.603. The lowest BCUT2D eigenvalue weighted by Gasteiger charge is -2.07. The van der Waals surface area contributed by atoms with Crippen molar-refractivity contribution in [1.82, 2.24) is 0 Å². The van der Waals surface area contributed by atoms with E-state index in [0.717, 1.165) is 21.1 Å². The SMILES string of the molecule is Cc1cc(S(=O)(=O)Nc2ccc(CCBr)cc2)sc1Br. The zero-order chi connectivity index (χ0) is 14.8. The first-order chi connectivity index (χ1) is 9.42. The Morgan fingerprint density at radius 3 is 2.40 bits per heavy atom. The van der Waals surface area contributed by atoms with Gasteiger partial charge in [0.25, 0.3) is 10.0 Å². The molecule has 0 unspecified atom stereocenters. The van der Waals surface area contributed by atoms with Gasteiger partial charge in [-0.1, -0.05) is 28.1 Å². The first-order valence-corrected chi connectivity index (χ1v) is 10.1. The molecule has 3 nitrogen and oxygen atoms in total. The molecule has 1 N–H and O–H groups in total. The van der Waals surface area contributed by atoms with Gasteiger partial charge in [-0.05, 0) is 58.6 Å². The highest BCUT2D eigenvalue weighted by Crippen LogP contribution is 2.31. The molecule has 1 aromatic heterocycles. The Balaban J connectivity index is 2.19. The minimum Gasteiger partial charge on any atom is -0.279 e. The number of halogens is 2. The summed E-state index contributed by atoms with van der Waals surface area (Å²) in [7, 11) is -3.51. The number of aryl methyl sites for hydroxylation is 2. The monoisotopic (exact) mass is 437 g/mol. The van der Waals surface area contributed by atoms with Crippen LogP contribution in [-0.4, -0.2) is 13.7 Å². The molecule has 2 rings (SSSR count). The fourth-order valence-electron chi connectivity index (χ4n) is 1.62. The number of anilines is 1. The maximum Gasteiger partial charge on any atom is 0.271 e. The van der Waals surface area contributed by atoms with Crippen molar-refractivity contribution in [2.24, 2.45) is 0 Å². The third kappa shape index (κ3) is 3.84. The largest absolute Gasteiger partial charge is 0.279 e. The second kappa shape index (κ2) is 6.60. The summed E-state index contributed by atoms with van der Waals surface area (Å²) >= 11 is 7.93. The van der Waals surface area contributed by atoms with Gasteiger partial charge in [0.1, 0.15) is 4.21 Å². The van der Waals surface area contributed by atoms with E-state index in [-0.39, 0.29) is 0 Å². The van der Waals surface area contributed by atoms with Gasteiger partial charge in [0, 0.05) is 11.0 Å². The van der Waals surface area contributed by atoms with E-state index in [1.807, 2.05) is 19.1 Å². The van der Waals surface area contributed by atoms with Crippen LogP contribution in [0.5, 0.6) is 0 Å². The smallest absolute Gasteiger partial charge is 0.271 e. The van der Waals surface area contributed by atoms with Crippen LogP contribution < -0.4 is 4.72 Å². The maximum absolute atomic E-state index is 12.2. The highest BCUT2D eigenvalue weighted by Gasteiger charge is 2.18. The summed E-state index contributed by atoms with van der Waals surface area (Å²) in [6.07, 6.45) is 0.921. The molecule has 0 fully saturated rings. The first kappa shape index (κ1) is 16.0. The van der Waals surface area contributed by atoms with Gasteiger partial charge in [0.15, 0.2) is 0 Å². The highest BCUT2D eigenvalue weighted by atomic mass is 79.9. The van der Waals surface area contributed by atoms with Gasteiger partial charge in [-0.15, -0.1) is 11.3 Å². The van der Waals surface area contributed by atoms with Gasteiger partial charge in [-0.3, -0.25) is 4.72 Å². The molecule has 1 aromatic carbocycles.